The molecule has 0 radical (unpaired) electrons. The van der Waals surface area contributed by atoms with E-state index in [0.717, 1.165) is 89.6 Å². The fourth-order valence-corrected chi connectivity index (χ4v) is 9.56. The molecule has 0 saturated carbocycles. The van der Waals surface area contributed by atoms with Gasteiger partial charge in [-0.1, -0.05) is 30.3 Å². The van der Waals surface area contributed by atoms with Crippen LogP contribution < -0.4 is 14.4 Å². The van der Waals surface area contributed by atoms with Crippen LogP contribution in [0, 0.1) is 27.7 Å². The third-order valence-electron chi connectivity index (χ3n) is 8.52. The van der Waals surface area contributed by atoms with E-state index in [1.54, 1.807) is 48.2 Å². The van der Waals surface area contributed by atoms with Crippen molar-refractivity contribution < 1.29 is 9.47 Å². The van der Waals surface area contributed by atoms with Crippen LogP contribution in [0.4, 0.5) is 16.5 Å². The lowest BCUT2D eigenvalue weighted by atomic mass is 9.85. The summed E-state index contributed by atoms with van der Waals surface area (Å²) < 4.78 is 12.1. The highest BCUT2D eigenvalue weighted by molar-refractivity contribution is 7.16. The first-order chi connectivity index (χ1) is 22.3. The molecule has 0 bridgehead atoms. The van der Waals surface area contributed by atoms with E-state index in [0.29, 0.717) is 5.92 Å². The third kappa shape index (κ3) is 5.61. The number of benzene rings is 3. The molecule has 3 aromatic carbocycles. The molecule has 9 heteroatoms. The van der Waals surface area contributed by atoms with Gasteiger partial charge in [-0.2, -0.15) is 0 Å². The van der Waals surface area contributed by atoms with Crippen molar-refractivity contribution in [2.24, 2.45) is 0 Å². The Morgan fingerprint density at radius 2 is 1.26 bits per heavy atom. The summed E-state index contributed by atoms with van der Waals surface area (Å²) >= 11 is 5.17. The predicted octanol–water partition coefficient (Wildman–Crippen LogP) is 10.6. The van der Waals surface area contributed by atoms with Crippen LogP contribution in [0.15, 0.2) is 66.7 Å². The van der Waals surface area contributed by atoms with Gasteiger partial charge in [0.25, 0.3) is 0 Å². The quantitative estimate of drug-likeness (QED) is 0.161. The van der Waals surface area contributed by atoms with E-state index in [-0.39, 0.29) is 0 Å². The molecule has 0 fully saturated rings. The summed E-state index contributed by atoms with van der Waals surface area (Å²) in [4.78, 5) is 20.6. The summed E-state index contributed by atoms with van der Waals surface area (Å²) in [6, 6.07) is 23.7. The highest BCUT2D eigenvalue weighted by Crippen LogP contribution is 2.48. The van der Waals surface area contributed by atoms with Crippen LogP contribution in [0.2, 0.25) is 0 Å². The number of aryl methyl sites for hydroxylation is 5. The molecule has 0 amide bonds. The van der Waals surface area contributed by atoms with Crippen molar-refractivity contribution in [3.63, 3.8) is 0 Å². The molecule has 0 spiro atoms. The Labute approximate surface area is 282 Å². The van der Waals surface area contributed by atoms with E-state index in [1.165, 1.54) is 16.1 Å². The Hall–Kier alpha value is -4.05. The first-order valence-electron chi connectivity index (χ1n) is 15.4. The van der Waals surface area contributed by atoms with E-state index in [1.807, 2.05) is 13.8 Å². The fourth-order valence-electron chi connectivity index (χ4n) is 6.46. The molecule has 1 atom stereocenters. The van der Waals surface area contributed by atoms with Crippen LogP contribution in [0.25, 0.3) is 20.9 Å². The second-order valence-electron chi connectivity index (χ2n) is 11.6. The molecule has 7 rings (SSSR count). The summed E-state index contributed by atoms with van der Waals surface area (Å²) in [5, 5.41) is 3.02. The standard InChI is InChI=1S/C37H36N4O2S3/c1-21-35(44-23(3)38-21)29-17-15-26(19-31(29)42-5)41(27-16-18-30(32(20-27)43-6)36-22(2)39-24(4)45-36)37-40-34-28(13-10-14-33(34)46-37)25-11-8-7-9-12-25/h7-9,11-12,15-20,28H,10,13-14H2,1-6H3. The van der Waals surface area contributed by atoms with Crippen LogP contribution in [0.3, 0.4) is 0 Å². The molecule has 0 saturated heterocycles. The van der Waals surface area contributed by atoms with Gasteiger partial charge in [-0.25, -0.2) is 15.0 Å². The van der Waals surface area contributed by atoms with E-state index in [4.69, 9.17) is 14.5 Å². The number of rotatable bonds is 8. The molecule has 3 heterocycles. The monoisotopic (exact) mass is 664 g/mol. The summed E-state index contributed by atoms with van der Waals surface area (Å²) in [5.74, 6) is 1.90. The van der Waals surface area contributed by atoms with E-state index >= 15 is 0 Å². The minimum absolute atomic E-state index is 0.292. The van der Waals surface area contributed by atoms with Crippen molar-refractivity contribution in [1.82, 2.24) is 15.0 Å². The second-order valence-corrected chi connectivity index (χ2v) is 15.0. The van der Waals surface area contributed by atoms with Gasteiger partial charge in [0.15, 0.2) is 5.13 Å². The van der Waals surface area contributed by atoms with Crippen LogP contribution in [0.5, 0.6) is 11.5 Å². The Bertz CT molecular complexity index is 1930. The number of ether oxygens (including phenoxy) is 2. The molecule has 1 unspecified atom stereocenters. The number of nitrogens with zero attached hydrogens (tertiary/aromatic N) is 4. The Morgan fingerprint density at radius 3 is 1.76 bits per heavy atom. The second kappa shape index (κ2) is 12.6. The largest absolute Gasteiger partial charge is 0.496 e. The maximum absolute atomic E-state index is 6.03. The highest BCUT2D eigenvalue weighted by atomic mass is 32.1. The SMILES string of the molecule is COc1cc(N(c2ccc(-c3sc(C)nc3C)c(OC)c2)c2nc3c(s2)CCCC3c2ccccc2)ccc1-c1sc(C)nc1C. The van der Waals surface area contributed by atoms with Gasteiger partial charge in [-0.15, -0.1) is 34.0 Å². The molecule has 6 aromatic rings. The highest BCUT2D eigenvalue weighted by Gasteiger charge is 2.29. The number of thiazole rings is 3. The van der Waals surface area contributed by atoms with E-state index in [9.17, 15) is 0 Å². The van der Waals surface area contributed by atoms with Crippen LogP contribution in [-0.4, -0.2) is 29.2 Å². The molecule has 1 aliphatic rings. The van der Waals surface area contributed by atoms with Crippen molar-refractivity contribution in [2.75, 3.05) is 19.1 Å². The Balaban J connectivity index is 1.39. The number of hydrogen-bond acceptors (Lipinski definition) is 9. The topological polar surface area (TPSA) is 60.4 Å². The van der Waals surface area contributed by atoms with Crippen molar-refractivity contribution in [3.05, 3.63) is 104 Å². The van der Waals surface area contributed by atoms with Gasteiger partial charge in [0, 0.05) is 34.1 Å². The molecule has 6 nitrogen and oxygen atoms in total. The van der Waals surface area contributed by atoms with Gasteiger partial charge in [0.2, 0.25) is 0 Å². The van der Waals surface area contributed by atoms with Gasteiger partial charge in [-0.05, 0) is 76.8 Å². The summed E-state index contributed by atoms with van der Waals surface area (Å²) in [6.45, 7) is 8.20. The minimum Gasteiger partial charge on any atom is -0.496 e. The fraction of sp³-hybridized carbons (Fsp3) is 0.270. The van der Waals surface area contributed by atoms with E-state index < -0.39 is 0 Å². The van der Waals surface area contributed by atoms with Gasteiger partial charge in [-0.3, -0.25) is 4.90 Å². The minimum atomic E-state index is 0.292. The van der Waals surface area contributed by atoms with Crippen molar-refractivity contribution in [2.45, 2.75) is 52.9 Å². The van der Waals surface area contributed by atoms with Crippen molar-refractivity contribution in [1.29, 1.82) is 0 Å². The molecule has 3 aromatic heterocycles. The van der Waals surface area contributed by atoms with E-state index in [2.05, 4.69) is 95.4 Å². The lowest BCUT2D eigenvalue weighted by molar-refractivity contribution is 0.416. The Morgan fingerprint density at radius 1 is 0.696 bits per heavy atom. The average molecular weight is 665 g/mol. The van der Waals surface area contributed by atoms with Crippen LogP contribution in [-0.2, 0) is 6.42 Å². The number of fused-ring (bicyclic) bond motifs is 1. The molecular formula is C37H36N4O2S3. The number of anilines is 3. The van der Waals surface area contributed by atoms with Gasteiger partial charge in [0.05, 0.1) is 62.4 Å². The predicted molar refractivity (Wildman–Crippen MR) is 192 cm³/mol. The smallest absolute Gasteiger partial charge is 0.195 e. The number of aromatic nitrogens is 3. The zero-order chi connectivity index (χ0) is 31.9. The first kappa shape index (κ1) is 30.6. The Kier molecular flexibility index (Phi) is 8.40. The zero-order valence-corrected chi connectivity index (χ0v) is 29.3. The lowest BCUT2D eigenvalue weighted by Gasteiger charge is -2.25. The van der Waals surface area contributed by atoms with Gasteiger partial charge in [0.1, 0.15) is 11.5 Å². The normalized spacial score (nSPS) is 14.3. The first-order valence-corrected chi connectivity index (χ1v) is 17.9. The maximum Gasteiger partial charge on any atom is 0.195 e. The van der Waals surface area contributed by atoms with Crippen molar-refractivity contribution >= 4 is 50.5 Å². The third-order valence-corrected chi connectivity index (χ3v) is 11.8. The molecule has 1 aliphatic carbocycles. The average Bonchev–Trinajstić information content (AvgIpc) is 3.75. The summed E-state index contributed by atoms with van der Waals surface area (Å²) in [6.07, 6.45) is 3.30. The zero-order valence-electron chi connectivity index (χ0n) is 26.9. The molecule has 0 N–H and O–H groups in total. The maximum atomic E-state index is 6.03. The lowest BCUT2D eigenvalue weighted by Crippen LogP contribution is -2.12. The summed E-state index contributed by atoms with van der Waals surface area (Å²) in [7, 11) is 3.47. The molecule has 0 aliphatic heterocycles. The number of methoxy groups -OCH3 is 2. The van der Waals surface area contributed by atoms with Crippen LogP contribution in [0.1, 0.15) is 56.3 Å². The molecule has 234 valence electrons. The molecular weight excluding hydrogens is 629 g/mol. The van der Waals surface area contributed by atoms with Crippen LogP contribution >= 0.6 is 34.0 Å². The van der Waals surface area contributed by atoms with Gasteiger partial charge < -0.3 is 9.47 Å². The van der Waals surface area contributed by atoms with Crippen molar-refractivity contribution in [3.8, 4) is 32.4 Å². The number of hydrogen-bond donors (Lipinski definition) is 0. The summed E-state index contributed by atoms with van der Waals surface area (Å²) in [5.41, 5.74) is 8.58. The molecule has 46 heavy (non-hydrogen) atoms. The van der Waals surface area contributed by atoms with Gasteiger partial charge >= 0.3 is 0 Å².